The third-order valence-electron chi connectivity index (χ3n) is 6.14. The average Bonchev–Trinajstić information content (AvgIpc) is 2.79. The lowest BCUT2D eigenvalue weighted by Gasteiger charge is -2.48. The number of nitrogens with zero attached hydrogens (tertiary/aromatic N) is 2. The molecular weight excluding hydrogens is 380 g/mol. The van der Waals surface area contributed by atoms with E-state index >= 15 is 0 Å². The fourth-order valence-corrected chi connectivity index (χ4v) is 4.54. The van der Waals surface area contributed by atoms with Crippen LogP contribution in [0, 0.1) is 0 Å². The van der Waals surface area contributed by atoms with Crippen LogP contribution in [0.4, 0.5) is 0 Å². The Kier molecular flexibility index (Phi) is 8.63. The molecule has 0 aromatic heterocycles. The maximum atomic E-state index is 9.91. The minimum Gasteiger partial charge on any atom is -0.504 e. The van der Waals surface area contributed by atoms with E-state index in [1.165, 1.54) is 32.1 Å². The van der Waals surface area contributed by atoms with Gasteiger partial charge in [0.2, 0.25) is 0 Å². The molecule has 168 valence electrons. The lowest BCUT2D eigenvalue weighted by molar-refractivity contribution is -0.0352. The van der Waals surface area contributed by atoms with Crippen LogP contribution < -0.4 is 15.4 Å². The van der Waals surface area contributed by atoms with Crippen LogP contribution in [0.1, 0.15) is 51.5 Å². The first-order chi connectivity index (χ1) is 14.7. The Labute approximate surface area is 180 Å². The molecule has 0 amide bonds. The van der Waals surface area contributed by atoms with Crippen molar-refractivity contribution in [1.82, 2.24) is 15.5 Å². The molecule has 0 spiro atoms. The second kappa shape index (κ2) is 11.4. The maximum absolute atomic E-state index is 9.91. The smallest absolute Gasteiger partial charge is 0.191 e. The van der Waals surface area contributed by atoms with Crippen molar-refractivity contribution in [3.63, 3.8) is 0 Å². The number of nitrogens with one attached hydrogen (secondary N) is 2. The van der Waals surface area contributed by atoms with Crippen LogP contribution in [-0.2, 0) is 11.3 Å². The molecule has 3 N–H and O–H groups in total. The molecule has 0 unspecified atom stereocenters. The van der Waals surface area contributed by atoms with Crippen molar-refractivity contribution in [2.45, 2.75) is 58.0 Å². The van der Waals surface area contributed by atoms with Gasteiger partial charge in [-0.1, -0.05) is 25.3 Å². The highest BCUT2D eigenvalue weighted by molar-refractivity contribution is 5.79. The van der Waals surface area contributed by atoms with Gasteiger partial charge in [-0.25, -0.2) is 4.99 Å². The van der Waals surface area contributed by atoms with Crippen LogP contribution in [0.3, 0.4) is 0 Å². The van der Waals surface area contributed by atoms with Crippen LogP contribution >= 0.6 is 0 Å². The first-order valence-electron chi connectivity index (χ1n) is 11.5. The number of ether oxygens (including phenoxy) is 2. The highest BCUT2D eigenvalue weighted by Crippen LogP contribution is 2.34. The fourth-order valence-electron chi connectivity index (χ4n) is 4.54. The standard InChI is InChI=1S/C23H38N4O3/c1-3-24-22(25-17-19-8-9-20(28)21(16-19)30-4-2)26-18-23(10-6-5-7-11-23)27-12-14-29-15-13-27/h8-9,16,28H,3-7,10-15,17-18H2,1-2H3,(H2,24,25,26). The van der Waals surface area contributed by atoms with E-state index in [1.54, 1.807) is 6.07 Å². The van der Waals surface area contributed by atoms with Crippen molar-refractivity contribution in [2.75, 3.05) is 46.0 Å². The number of hydrogen-bond donors (Lipinski definition) is 3. The molecule has 1 saturated carbocycles. The highest BCUT2D eigenvalue weighted by Gasteiger charge is 2.38. The third-order valence-corrected chi connectivity index (χ3v) is 6.14. The Hall–Kier alpha value is -1.99. The summed E-state index contributed by atoms with van der Waals surface area (Å²) in [5.74, 6) is 1.51. The Bertz CT molecular complexity index is 683. The molecule has 30 heavy (non-hydrogen) atoms. The summed E-state index contributed by atoms with van der Waals surface area (Å²) in [6.45, 7) is 10.5. The maximum Gasteiger partial charge on any atom is 0.191 e. The van der Waals surface area contributed by atoms with Crippen molar-refractivity contribution >= 4 is 5.96 Å². The fraction of sp³-hybridized carbons (Fsp3) is 0.696. The van der Waals surface area contributed by atoms with Crippen molar-refractivity contribution in [2.24, 2.45) is 4.99 Å². The largest absolute Gasteiger partial charge is 0.504 e. The molecule has 7 heteroatoms. The van der Waals surface area contributed by atoms with Crippen LogP contribution in [0.15, 0.2) is 23.2 Å². The number of aliphatic imine (C=N–C) groups is 1. The molecule has 3 rings (SSSR count). The zero-order valence-electron chi connectivity index (χ0n) is 18.6. The summed E-state index contributed by atoms with van der Waals surface area (Å²) in [6.07, 6.45) is 6.38. The Morgan fingerprint density at radius 3 is 2.63 bits per heavy atom. The molecule has 0 radical (unpaired) electrons. The molecule has 1 aromatic rings. The molecule has 1 aliphatic heterocycles. The van der Waals surface area contributed by atoms with Crippen LogP contribution in [0.2, 0.25) is 0 Å². The number of hydrogen-bond acceptors (Lipinski definition) is 5. The second-order valence-corrected chi connectivity index (χ2v) is 8.17. The van der Waals surface area contributed by atoms with Crippen LogP contribution in [-0.4, -0.2) is 67.5 Å². The molecule has 1 aromatic carbocycles. The quantitative estimate of drug-likeness (QED) is 0.445. The second-order valence-electron chi connectivity index (χ2n) is 8.17. The summed E-state index contributed by atoms with van der Waals surface area (Å²) in [5, 5.41) is 16.9. The van der Waals surface area contributed by atoms with Gasteiger partial charge in [-0.2, -0.15) is 0 Å². The summed E-state index contributed by atoms with van der Waals surface area (Å²) < 4.78 is 11.1. The first kappa shape index (κ1) is 22.7. The van der Waals surface area contributed by atoms with E-state index in [2.05, 4.69) is 22.5 Å². The summed E-state index contributed by atoms with van der Waals surface area (Å²) in [5.41, 5.74) is 1.20. The predicted octanol–water partition coefficient (Wildman–Crippen LogP) is 2.88. The number of phenolic OH excluding ortho intramolecular Hbond substituents is 1. The van der Waals surface area contributed by atoms with Gasteiger partial charge in [0.25, 0.3) is 0 Å². The van der Waals surface area contributed by atoms with E-state index in [4.69, 9.17) is 14.5 Å². The number of aromatic hydroxyl groups is 1. The van der Waals surface area contributed by atoms with Gasteiger partial charge in [0.15, 0.2) is 17.5 Å². The highest BCUT2D eigenvalue weighted by atomic mass is 16.5. The van der Waals surface area contributed by atoms with Crippen molar-refractivity contribution < 1.29 is 14.6 Å². The molecule has 0 atom stereocenters. The van der Waals surface area contributed by atoms with Gasteiger partial charge in [-0.05, 0) is 44.4 Å². The van der Waals surface area contributed by atoms with E-state index in [0.29, 0.717) is 18.9 Å². The average molecular weight is 419 g/mol. The van der Waals surface area contributed by atoms with E-state index in [-0.39, 0.29) is 11.3 Å². The van der Waals surface area contributed by atoms with E-state index in [1.807, 2.05) is 19.1 Å². The number of morpholine rings is 1. The molecule has 0 bridgehead atoms. The molecule has 1 saturated heterocycles. The van der Waals surface area contributed by atoms with Gasteiger partial charge in [0, 0.05) is 31.7 Å². The van der Waals surface area contributed by atoms with E-state index in [0.717, 1.165) is 50.9 Å². The van der Waals surface area contributed by atoms with Gasteiger partial charge in [0.1, 0.15) is 0 Å². The molecular formula is C23H38N4O3. The minimum absolute atomic E-state index is 0.166. The zero-order valence-corrected chi connectivity index (χ0v) is 18.6. The Morgan fingerprint density at radius 2 is 1.93 bits per heavy atom. The van der Waals surface area contributed by atoms with E-state index < -0.39 is 0 Å². The Morgan fingerprint density at radius 1 is 1.17 bits per heavy atom. The van der Waals surface area contributed by atoms with Gasteiger partial charge in [-0.3, -0.25) is 4.90 Å². The number of phenols is 1. The number of rotatable bonds is 8. The summed E-state index contributed by atoms with van der Waals surface area (Å²) in [4.78, 5) is 7.43. The Balaban J connectivity index is 1.67. The molecule has 2 aliphatic rings. The van der Waals surface area contributed by atoms with Crippen molar-refractivity contribution in [3.8, 4) is 11.5 Å². The molecule has 2 fully saturated rings. The SMILES string of the molecule is CCNC(=NCc1ccc(O)c(OCC)c1)NCC1(N2CCOCC2)CCCCC1. The zero-order chi connectivity index (χ0) is 21.2. The summed E-state index contributed by atoms with van der Waals surface area (Å²) >= 11 is 0. The normalized spacial score (nSPS) is 20.0. The molecule has 1 heterocycles. The lowest BCUT2D eigenvalue weighted by Crippen LogP contribution is -2.60. The third kappa shape index (κ3) is 6.01. The van der Waals surface area contributed by atoms with E-state index in [9.17, 15) is 5.11 Å². The topological polar surface area (TPSA) is 78.4 Å². The predicted molar refractivity (Wildman–Crippen MR) is 120 cm³/mol. The van der Waals surface area contributed by atoms with Crippen LogP contribution in [0.5, 0.6) is 11.5 Å². The van der Waals surface area contributed by atoms with Gasteiger partial charge in [0.05, 0.1) is 26.4 Å². The van der Waals surface area contributed by atoms with Gasteiger partial charge >= 0.3 is 0 Å². The lowest BCUT2D eigenvalue weighted by atomic mass is 9.80. The minimum atomic E-state index is 0.166. The number of guanidine groups is 1. The number of benzene rings is 1. The molecule has 7 nitrogen and oxygen atoms in total. The summed E-state index contributed by atoms with van der Waals surface area (Å²) in [7, 11) is 0. The van der Waals surface area contributed by atoms with Crippen molar-refractivity contribution in [3.05, 3.63) is 23.8 Å². The van der Waals surface area contributed by atoms with Crippen molar-refractivity contribution in [1.29, 1.82) is 0 Å². The molecule has 1 aliphatic carbocycles. The monoisotopic (exact) mass is 418 g/mol. The summed E-state index contributed by atoms with van der Waals surface area (Å²) in [6, 6.07) is 5.43. The van der Waals surface area contributed by atoms with Crippen LogP contribution in [0.25, 0.3) is 0 Å². The van der Waals surface area contributed by atoms with Gasteiger partial charge in [-0.15, -0.1) is 0 Å². The first-order valence-corrected chi connectivity index (χ1v) is 11.5. The van der Waals surface area contributed by atoms with Gasteiger partial charge < -0.3 is 25.2 Å².